The van der Waals surface area contributed by atoms with E-state index in [1.54, 1.807) is 0 Å². The van der Waals surface area contributed by atoms with Gasteiger partial charge in [0.15, 0.2) is 12.2 Å². The maximum Gasteiger partial charge on any atom is 0.303 e. The van der Waals surface area contributed by atoms with Gasteiger partial charge in [0.1, 0.15) is 18.8 Å². The van der Waals surface area contributed by atoms with Crippen molar-refractivity contribution in [2.24, 2.45) is 5.11 Å². The van der Waals surface area contributed by atoms with Crippen LogP contribution in [0.3, 0.4) is 0 Å². The molecule has 1 N–H and O–H groups in total. The smallest absolute Gasteiger partial charge is 0.303 e. The first-order chi connectivity index (χ1) is 13.4. The molecule has 0 radical (unpaired) electrons. The summed E-state index contributed by atoms with van der Waals surface area (Å²) in [6.45, 7) is 2.82. The Hall–Kier alpha value is -1.98. The van der Waals surface area contributed by atoms with Gasteiger partial charge in [-0.3, -0.25) is 19.8 Å². The van der Waals surface area contributed by atoms with Crippen LogP contribution in [0.5, 0.6) is 0 Å². The van der Waals surface area contributed by atoms with Crippen LogP contribution in [-0.2, 0) is 38.1 Å². The highest BCUT2D eigenvalue weighted by atomic mass is 35.6. The second-order valence-electron chi connectivity index (χ2n) is 5.63. The van der Waals surface area contributed by atoms with E-state index in [4.69, 9.17) is 69.4 Å². The standard InChI is InChI=1S/C14H17Cl3N4O8/c1-5(22)25-4-8-10(26-6(2)23)11(27-7(3)24)9(20-21-19)12(28-8)29-13(18)14(15,16)17/h8-12,18H,4H2,1-3H3/t8-,9-,10+,11-,12?/m1/s1. The lowest BCUT2D eigenvalue weighted by molar-refractivity contribution is -0.256. The zero-order valence-electron chi connectivity index (χ0n) is 15.3. The van der Waals surface area contributed by atoms with Crippen LogP contribution in [0.25, 0.3) is 10.4 Å². The predicted molar refractivity (Wildman–Crippen MR) is 98.4 cm³/mol. The lowest BCUT2D eigenvalue weighted by atomic mass is 9.97. The normalized spacial score (nSPS) is 26.5. The van der Waals surface area contributed by atoms with Crippen LogP contribution in [0.2, 0.25) is 0 Å². The van der Waals surface area contributed by atoms with Crippen LogP contribution in [0.1, 0.15) is 20.8 Å². The summed E-state index contributed by atoms with van der Waals surface area (Å²) in [6.07, 6.45) is -5.60. The van der Waals surface area contributed by atoms with Gasteiger partial charge in [0, 0.05) is 25.7 Å². The number of nitrogens with zero attached hydrogens (tertiary/aromatic N) is 3. The maximum atomic E-state index is 11.6. The van der Waals surface area contributed by atoms with Crippen molar-refractivity contribution in [2.45, 2.75) is 55.2 Å². The lowest BCUT2D eigenvalue weighted by Crippen LogP contribution is -2.61. The van der Waals surface area contributed by atoms with E-state index in [2.05, 4.69) is 10.0 Å². The molecule has 1 aliphatic rings. The van der Waals surface area contributed by atoms with E-state index in [1.807, 2.05) is 0 Å². The van der Waals surface area contributed by atoms with Gasteiger partial charge >= 0.3 is 17.9 Å². The summed E-state index contributed by atoms with van der Waals surface area (Å²) in [4.78, 5) is 36.9. The van der Waals surface area contributed by atoms with E-state index in [9.17, 15) is 14.4 Å². The van der Waals surface area contributed by atoms with Crippen molar-refractivity contribution in [1.29, 1.82) is 5.41 Å². The Bertz CT molecular complexity index is 709. The average molecular weight is 476 g/mol. The second kappa shape index (κ2) is 10.7. The minimum atomic E-state index is -2.28. The van der Waals surface area contributed by atoms with Crippen LogP contribution < -0.4 is 0 Å². The third-order valence-corrected chi connectivity index (χ3v) is 3.86. The number of carbonyl (C=O) groups is 3. The van der Waals surface area contributed by atoms with Crippen LogP contribution >= 0.6 is 34.8 Å². The van der Waals surface area contributed by atoms with Crippen molar-refractivity contribution in [2.75, 3.05) is 6.61 Å². The number of ether oxygens (including phenoxy) is 5. The summed E-state index contributed by atoms with van der Waals surface area (Å²) in [5.41, 5.74) is 8.89. The molecule has 12 nitrogen and oxygen atoms in total. The monoisotopic (exact) mass is 474 g/mol. The third-order valence-electron chi connectivity index (χ3n) is 3.35. The van der Waals surface area contributed by atoms with Crippen molar-refractivity contribution in [3.8, 4) is 0 Å². The van der Waals surface area contributed by atoms with Gasteiger partial charge in [-0.15, -0.1) is 0 Å². The van der Waals surface area contributed by atoms with Gasteiger partial charge in [-0.05, 0) is 5.53 Å². The first kappa shape index (κ1) is 25.1. The number of nitrogens with one attached hydrogen (secondary N) is 1. The predicted octanol–water partition coefficient (Wildman–Crippen LogP) is 2.18. The summed E-state index contributed by atoms with van der Waals surface area (Å²) in [5.74, 6) is -3.16. The molecule has 29 heavy (non-hydrogen) atoms. The zero-order valence-corrected chi connectivity index (χ0v) is 17.6. The van der Waals surface area contributed by atoms with Crippen LogP contribution in [0, 0.1) is 5.41 Å². The SMILES string of the molecule is CC(=O)OC[C@H]1OC(OC(=N)C(Cl)(Cl)Cl)[C@H](N=[N+]=[N-])[C@@H](OC(C)=O)[C@H]1OC(C)=O. The Balaban J connectivity index is 3.35. The molecule has 0 amide bonds. The number of azide groups is 1. The molecule has 0 aromatic rings. The van der Waals surface area contributed by atoms with Crippen molar-refractivity contribution in [3.05, 3.63) is 10.4 Å². The largest absolute Gasteiger partial charge is 0.463 e. The van der Waals surface area contributed by atoms with Crippen molar-refractivity contribution >= 4 is 58.6 Å². The molecule has 0 aromatic carbocycles. The van der Waals surface area contributed by atoms with E-state index in [1.165, 1.54) is 0 Å². The first-order valence-corrected chi connectivity index (χ1v) is 9.00. The number of carbonyl (C=O) groups excluding carboxylic acids is 3. The average Bonchev–Trinajstić information content (AvgIpc) is 2.56. The molecule has 1 fully saturated rings. The molecule has 0 aliphatic carbocycles. The van der Waals surface area contributed by atoms with Crippen LogP contribution in [-0.4, -0.2) is 64.8 Å². The lowest BCUT2D eigenvalue weighted by Gasteiger charge is -2.43. The van der Waals surface area contributed by atoms with Gasteiger partial charge in [-0.25, -0.2) is 0 Å². The minimum Gasteiger partial charge on any atom is -0.463 e. The number of hydrogen-bond donors (Lipinski definition) is 1. The highest BCUT2D eigenvalue weighted by molar-refractivity contribution is 6.76. The van der Waals surface area contributed by atoms with Gasteiger partial charge in [-0.2, -0.15) is 0 Å². The maximum absolute atomic E-state index is 11.6. The first-order valence-electron chi connectivity index (χ1n) is 7.86. The molecule has 1 aliphatic heterocycles. The topological polar surface area (TPSA) is 170 Å². The molecule has 1 rings (SSSR count). The van der Waals surface area contributed by atoms with Gasteiger partial charge in [-0.1, -0.05) is 39.9 Å². The summed E-state index contributed by atoms with van der Waals surface area (Å²) < 4.78 is 23.6. The molecule has 5 atom stereocenters. The fraction of sp³-hybridized carbons (Fsp3) is 0.714. The summed E-state index contributed by atoms with van der Waals surface area (Å²) in [5, 5.41) is 11.1. The van der Waals surface area contributed by atoms with E-state index in [0.29, 0.717) is 0 Å². The summed E-state index contributed by atoms with van der Waals surface area (Å²) in [7, 11) is 0. The Morgan fingerprint density at radius 3 is 2.07 bits per heavy atom. The molecule has 162 valence electrons. The van der Waals surface area contributed by atoms with Gasteiger partial charge < -0.3 is 23.7 Å². The highest BCUT2D eigenvalue weighted by Gasteiger charge is 2.52. The summed E-state index contributed by atoms with van der Waals surface area (Å²) >= 11 is 16.7. The Morgan fingerprint density at radius 1 is 1.07 bits per heavy atom. The van der Waals surface area contributed by atoms with Crippen molar-refractivity contribution in [3.63, 3.8) is 0 Å². The fourth-order valence-electron chi connectivity index (χ4n) is 2.35. The number of alkyl halides is 3. The minimum absolute atomic E-state index is 0.449. The van der Waals surface area contributed by atoms with Gasteiger partial charge in [0.25, 0.3) is 3.79 Å². The van der Waals surface area contributed by atoms with Gasteiger partial charge in [0.05, 0.1) is 0 Å². The van der Waals surface area contributed by atoms with Crippen LogP contribution in [0.15, 0.2) is 5.11 Å². The molecule has 0 spiro atoms. The molecule has 1 unspecified atom stereocenters. The quantitative estimate of drug-likeness (QED) is 0.0890. The number of rotatable bonds is 6. The van der Waals surface area contributed by atoms with Crippen molar-refractivity contribution < 1.29 is 38.1 Å². The summed E-state index contributed by atoms with van der Waals surface area (Å²) in [6, 6.07) is -1.45. The Morgan fingerprint density at radius 2 is 1.62 bits per heavy atom. The molecule has 15 heteroatoms. The van der Waals surface area contributed by atoms with Crippen LogP contribution in [0.4, 0.5) is 0 Å². The number of halogens is 3. The molecule has 1 saturated heterocycles. The highest BCUT2D eigenvalue weighted by Crippen LogP contribution is 2.33. The van der Waals surface area contributed by atoms with E-state index in [0.717, 1.165) is 20.8 Å². The van der Waals surface area contributed by atoms with E-state index in [-0.39, 0.29) is 0 Å². The zero-order chi connectivity index (χ0) is 22.4. The number of hydrogen-bond acceptors (Lipinski definition) is 10. The molecular weight excluding hydrogens is 459 g/mol. The van der Waals surface area contributed by atoms with Gasteiger partial charge in [0.2, 0.25) is 12.2 Å². The molecule has 1 heterocycles. The Labute approximate surface area is 179 Å². The fourth-order valence-corrected chi connectivity index (χ4v) is 2.48. The van der Waals surface area contributed by atoms with E-state index < -0.39 is 64.8 Å². The molecule has 0 bridgehead atoms. The number of esters is 3. The molecule has 0 saturated carbocycles. The van der Waals surface area contributed by atoms with Crippen molar-refractivity contribution in [1.82, 2.24) is 0 Å². The van der Waals surface area contributed by atoms with E-state index >= 15 is 0 Å². The molecule has 0 aromatic heterocycles. The Kier molecular flexibility index (Phi) is 9.24. The molecular formula is C14H17Cl3N4O8. The second-order valence-corrected chi connectivity index (χ2v) is 7.92. The third kappa shape index (κ3) is 7.75.